The summed E-state index contributed by atoms with van der Waals surface area (Å²) in [6.45, 7) is 6.66. The number of carbonyl (C=O) groups excluding carboxylic acids is 1. The minimum Gasteiger partial charge on any atom is -0.489 e. The standard InChI is InChI=1S/C30H26BrN3O2S/c1-19-6-4-5-7-27(19)32-30-33-29(35)28(37-30)17-23-16-20(2)34(21(23)3)25-12-14-26(15-13-25)36-18-22-8-10-24(31)11-9-22/h4-17H,18H2,1-3H3,(H,32,33,35)/b28-17-. The van der Waals surface area contributed by atoms with Crippen molar-refractivity contribution in [2.75, 3.05) is 0 Å². The molecule has 7 heteroatoms. The number of halogens is 1. The largest absolute Gasteiger partial charge is 0.489 e. The number of aliphatic imine (C=N–C) groups is 1. The summed E-state index contributed by atoms with van der Waals surface area (Å²) >= 11 is 4.82. The van der Waals surface area contributed by atoms with Crippen LogP contribution >= 0.6 is 27.7 Å². The molecule has 37 heavy (non-hydrogen) atoms. The maximum atomic E-state index is 12.7. The van der Waals surface area contributed by atoms with E-state index in [1.54, 1.807) is 0 Å². The van der Waals surface area contributed by atoms with E-state index in [0.29, 0.717) is 16.7 Å². The van der Waals surface area contributed by atoms with Crippen LogP contribution in [0.25, 0.3) is 11.8 Å². The van der Waals surface area contributed by atoms with E-state index >= 15 is 0 Å². The summed E-state index contributed by atoms with van der Waals surface area (Å²) in [5.74, 6) is 0.686. The van der Waals surface area contributed by atoms with Crippen molar-refractivity contribution in [3.8, 4) is 11.4 Å². The van der Waals surface area contributed by atoms with Crippen molar-refractivity contribution in [3.63, 3.8) is 0 Å². The molecule has 4 aromatic rings. The lowest BCUT2D eigenvalue weighted by molar-refractivity contribution is -0.115. The molecule has 0 spiro atoms. The molecule has 3 aromatic carbocycles. The number of aromatic nitrogens is 1. The third-order valence-corrected chi connectivity index (χ3v) is 7.60. The normalized spacial score (nSPS) is 15.4. The highest BCUT2D eigenvalue weighted by Crippen LogP contribution is 2.31. The predicted octanol–water partition coefficient (Wildman–Crippen LogP) is 7.64. The summed E-state index contributed by atoms with van der Waals surface area (Å²) in [6, 6.07) is 26.2. The van der Waals surface area contributed by atoms with E-state index in [0.717, 1.165) is 49.7 Å². The highest BCUT2D eigenvalue weighted by molar-refractivity contribution is 9.10. The van der Waals surface area contributed by atoms with Gasteiger partial charge in [-0.25, -0.2) is 4.99 Å². The van der Waals surface area contributed by atoms with Crippen LogP contribution in [0.15, 0.2) is 93.2 Å². The van der Waals surface area contributed by atoms with Gasteiger partial charge in [-0.2, -0.15) is 0 Å². The van der Waals surface area contributed by atoms with Crippen molar-refractivity contribution in [3.05, 3.63) is 116 Å². The van der Waals surface area contributed by atoms with Gasteiger partial charge in [0.05, 0.1) is 10.6 Å². The lowest BCUT2D eigenvalue weighted by Gasteiger charge is -2.11. The molecule has 1 aromatic heterocycles. The Hall–Kier alpha value is -3.55. The zero-order chi connectivity index (χ0) is 25.9. The lowest BCUT2D eigenvalue weighted by atomic mass is 10.2. The van der Waals surface area contributed by atoms with Gasteiger partial charge in [0.1, 0.15) is 12.4 Å². The van der Waals surface area contributed by atoms with Gasteiger partial charge in [-0.1, -0.05) is 46.3 Å². The van der Waals surface area contributed by atoms with Gasteiger partial charge >= 0.3 is 0 Å². The summed E-state index contributed by atoms with van der Waals surface area (Å²) in [4.78, 5) is 17.9. The zero-order valence-electron chi connectivity index (χ0n) is 20.8. The summed E-state index contributed by atoms with van der Waals surface area (Å²) in [5, 5.41) is 3.48. The first-order valence-electron chi connectivity index (χ1n) is 11.9. The van der Waals surface area contributed by atoms with Gasteiger partial charge in [-0.3, -0.25) is 4.79 Å². The molecule has 1 saturated heterocycles. The third kappa shape index (κ3) is 5.73. The van der Waals surface area contributed by atoms with Crippen LogP contribution in [-0.4, -0.2) is 15.6 Å². The second-order valence-electron chi connectivity index (χ2n) is 8.84. The number of benzene rings is 3. The fraction of sp³-hybridized carbons (Fsp3) is 0.133. The second kappa shape index (κ2) is 10.8. The van der Waals surface area contributed by atoms with Crippen LogP contribution in [0.2, 0.25) is 0 Å². The molecule has 5 rings (SSSR count). The van der Waals surface area contributed by atoms with Crippen molar-refractivity contribution in [2.24, 2.45) is 4.99 Å². The smallest absolute Gasteiger partial charge is 0.264 e. The molecule has 0 radical (unpaired) electrons. The maximum absolute atomic E-state index is 12.7. The van der Waals surface area contributed by atoms with Crippen molar-refractivity contribution >= 4 is 50.5 Å². The summed E-state index contributed by atoms with van der Waals surface area (Å²) in [6.07, 6.45) is 1.94. The Morgan fingerprint density at radius 3 is 2.46 bits per heavy atom. The SMILES string of the molecule is Cc1ccccc1N=C1NC(=O)/C(=C/c2cc(C)n(-c3ccc(OCc4ccc(Br)cc4)cc3)c2C)S1. The molecule has 0 saturated carbocycles. The molecule has 1 aliphatic rings. The van der Waals surface area contributed by atoms with E-state index in [-0.39, 0.29) is 5.91 Å². The molecule has 5 nitrogen and oxygen atoms in total. The zero-order valence-corrected chi connectivity index (χ0v) is 23.2. The first-order valence-corrected chi connectivity index (χ1v) is 13.5. The number of ether oxygens (including phenoxy) is 1. The van der Waals surface area contributed by atoms with Crippen LogP contribution in [0.3, 0.4) is 0 Å². The third-order valence-electron chi connectivity index (χ3n) is 6.16. The fourth-order valence-corrected chi connectivity index (χ4v) is 5.28. The summed E-state index contributed by atoms with van der Waals surface area (Å²) in [7, 11) is 0. The van der Waals surface area contributed by atoms with Gasteiger partial charge in [0.2, 0.25) is 0 Å². The number of para-hydroxylation sites is 1. The minimum atomic E-state index is -0.130. The average Bonchev–Trinajstić information content (AvgIpc) is 3.37. The Kier molecular flexibility index (Phi) is 7.35. The van der Waals surface area contributed by atoms with E-state index in [2.05, 4.69) is 62.9 Å². The summed E-state index contributed by atoms with van der Waals surface area (Å²) in [5.41, 5.74) is 7.23. The number of hydrogen-bond donors (Lipinski definition) is 1. The van der Waals surface area contributed by atoms with Crippen LogP contribution in [0.5, 0.6) is 5.75 Å². The van der Waals surface area contributed by atoms with E-state index < -0.39 is 0 Å². The van der Waals surface area contributed by atoms with Gasteiger partial charge in [0.15, 0.2) is 5.17 Å². The van der Waals surface area contributed by atoms with Gasteiger partial charge in [-0.15, -0.1) is 0 Å². The Bertz CT molecular complexity index is 1520. The Balaban J connectivity index is 1.32. The van der Waals surface area contributed by atoms with Gasteiger partial charge in [0.25, 0.3) is 5.91 Å². The molecule has 1 amide bonds. The molecule has 1 fully saturated rings. The van der Waals surface area contributed by atoms with Crippen molar-refractivity contribution in [2.45, 2.75) is 27.4 Å². The monoisotopic (exact) mass is 571 g/mol. The number of rotatable bonds is 6. The minimum absolute atomic E-state index is 0.130. The number of carbonyl (C=O) groups is 1. The molecule has 0 atom stereocenters. The number of thioether (sulfide) groups is 1. The number of amidine groups is 1. The van der Waals surface area contributed by atoms with Crippen LogP contribution in [0.1, 0.15) is 28.1 Å². The number of hydrogen-bond acceptors (Lipinski definition) is 4. The fourth-order valence-electron chi connectivity index (χ4n) is 4.19. The number of amides is 1. The predicted molar refractivity (Wildman–Crippen MR) is 156 cm³/mol. The van der Waals surface area contributed by atoms with Crippen molar-refractivity contribution in [1.29, 1.82) is 0 Å². The topological polar surface area (TPSA) is 55.6 Å². The molecule has 2 heterocycles. The molecule has 186 valence electrons. The van der Waals surface area contributed by atoms with E-state index in [9.17, 15) is 4.79 Å². The lowest BCUT2D eigenvalue weighted by Crippen LogP contribution is -2.19. The Morgan fingerprint density at radius 2 is 1.73 bits per heavy atom. The first kappa shape index (κ1) is 25.1. The van der Waals surface area contributed by atoms with E-state index in [1.165, 1.54) is 11.8 Å². The van der Waals surface area contributed by atoms with Crippen LogP contribution in [-0.2, 0) is 11.4 Å². The number of aryl methyl sites for hydroxylation is 2. The van der Waals surface area contributed by atoms with Crippen molar-refractivity contribution in [1.82, 2.24) is 9.88 Å². The second-order valence-corrected chi connectivity index (χ2v) is 10.8. The van der Waals surface area contributed by atoms with Gasteiger partial charge in [0, 0.05) is 21.5 Å². The van der Waals surface area contributed by atoms with E-state index in [1.807, 2.05) is 73.7 Å². The molecule has 0 unspecified atom stereocenters. The number of nitrogens with zero attached hydrogens (tertiary/aromatic N) is 2. The molecule has 1 N–H and O–H groups in total. The quantitative estimate of drug-likeness (QED) is 0.242. The molecule has 0 bridgehead atoms. The molecular formula is C30H26BrN3O2S. The van der Waals surface area contributed by atoms with Crippen LogP contribution in [0, 0.1) is 20.8 Å². The molecule has 1 aliphatic heterocycles. The van der Waals surface area contributed by atoms with E-state index in [4.69, 9.17) is 4.74 Å². The highest BCUT2D eigenvalue weighted by atomic mass is 79.9. The van der Waals surface area contributed by atoms with Gasteiger partial charge < -0.3 is 14.6 Å². The van der Waals surface area contributed by atoms with Crippen LogP contribution in [0.4, 0.5) is 5.69 Å². The molecule has 0 aliphatic carbocycles. The average molecular weight is 573 g/mol. The number of nitrogens with one attached hydrogen (secondary N) is 1. The Labute approximate surface area is 229 Å². The first-order chi connectivity index (χ1) is 17.9. The molecular weight excluding hydrogens is 546 g/mol. The van der Waals surface area contributed by atoms with Crippen molar-refractivity contribution < 1.29 is 9.53 Å². The van der Waals surface area contributed by atoms with Gasteiger partial charge in [-0.05, 0) is 104 Å². The summed E-state index contributed by atoms with van der Waals surface area (Å²) < 4.78 is 9.19. The maximum Gasteiger partial charge on any atom is 0.264 e. The highest BCUT2D eigenvalue weighted by Gasteiger charge is 2.25. The van der Waals surface area contributed by atoms with Crippen LogP contribution < -0.4 is 10.1 Å². The Morgan fingerprint density at radius 1 is 1.00 bits per heavy atom.